The van der Waals surface area contributed by atoms with Crippen molar-refractivity contribution in [2.75, 3.05) is 18.0 Å². The van der Waals surface area contributed by atoms with Crippen LogP contribution < -0.4 is 4.90 Å². The molecular weight excluding hydrogens is 334 g/mol. The zero-order chi connectivity index (χ0) is 18.4. The fourth-order valence-electron chi connectivity index (χ4n) is 4.06. The predicted molar refractivity (Wildman–Crippen MR) is 117 cm³/mol. The van der Waals surface area contributed by atoms with Crippen LogP contribution in [-0.4, -0.2) is 13.1 Å². The van der Waals surface area contributed by atoms with Crippen molar-refractivity contribution in [3.05, 3.63) is 51.7 Å². The van der Waals surface area contributed by atoms with Gasteiger partial charge in [-0.1, -0.05) is 39.0 Å². The van der Waals surface area contributed by atoms with Crippen molar-refractivity contribution in [1.29, 1.82) is 0 Å². The van der Waals surface area contributed by atoms with Crippen molar-refractivity contribution in [2.24, 2.45) is 11.8 Å². The highest BCUT2D eigenvalue weighted by Crippen LogP contribution is 2.27. The molecule has 26 heavy (non-hydrogen) atoms. The van der Waals surface area contributed by atoms with E-state index in [1.54, 1.807) is 15.3 Å². The number of hydrogen-bond acceptors (Lipinski definition) is 2. The van der Waals surface area contributed by atoms with Crippen LogP contribution in [0.5, 0.6) is 0 Å². The standard InChI is InChI=1S/C24H35NS/c1-19(2)18-23-14-13-22(26-23)11-6-10-21-9-4-5-12-24(21)25-16-7-8-20(3)15-17-25/h4-5,9,12-14,19-20H,6-8,10-11,15-18H2,1-3H3. The van der Waals surface area contributed by atoms with E-state index in [4.69, 9.17) is 0 Å². The van der Waals surface area contributed by atoms with Crippen LogP contribution in [0, 0.1) is 11.8 Å². The van der Waals surface area contributed by atoms with Gasteiger partial charge in [-0.05, 0) is 80.5 Å². The molecule has 1 aromatic carbocycles. The summed E-state index contributed by atoms with van der Waals surface area (Å²) < 4.78 is 0. The molecule has 142 valence electrons. The molecule has 0 N–H and O–H groups in total. The lowest BCUT2D eigenvalue weighted by molar-refractivity contribution is 0.521. The summed E-state index contributed by atoms with van der Waals surface area (Å²) in [4.78, 5) is 5.75. The van der Waals surface area contributed by atoms with E-state index in [1.807, 2.05) is 11.3 Å². The smallest absolute Gasteiger partial charge is 0.0398 e. The molecule has 0 spiro atoms. The van der Waals surface area contributed by atoms with Gasteiger partial charge in [-0.2, -0.15) is 0 Å². The summed E-state index contributed by atoms with van der Waals surface area (Å²) in [5.74, 6) is 1.63. The van der Waals surface area contributed by atoms with Crippen molar-refractivity contribution >= 4 is 17.0 Å². The zero-order valence-electron chi connectivity index (χ0n) is 16.8. The summed E-state index contributed by atoms with van der Waals surface area (Å²) in [5, 5.41) is 0. The lowest BCUT2D eigenvalue weighted by Crippen LogP contribution is -2.25. The van der Waals surface area contributed by atoms with E-state index in [0.29, 0.717) is 0 Å². The molecule has 1 nitrogen and oxygen atoms in total. The Balaban J connectivity index is 1.57. The second kappa shape index (κ2) is 9.60. The first kappa shape index (κ1) is 19.5. The number of hydrogen-bond donors (Lipinski definition) is 0. The number of anilines is 1. The van der Waals surface area contributed by atoms with Crippen molar-refractivity contribution in [3.63, 3.8) is 0 Å². The molecule has 0 bridgehead atoms. The van der Waals surface area contributed by atoms with E-state index in [-0.39, 0.29) is 0 Å². The molecule has 0 amide bonds. The number of para-hydroxylation sites is 1. The highest BCUT2D eigenvalue weighted by molar-refractivity contribution is 7.11. The molecule has 0 aliphatic carbocycles. The minimum atomic E-state index is 0.754. The fraction of sp³-hybridized carbons (Fsp3) is 0.583. The van der Waals surface area contributed by atoms with E-state index >= 15 is 0 Å². The Kier molecular flexibility index (Phi) is 7.19. The summed E-state index contributed by atoms with van der Waals surface area (Å²) in [5.41, 5.74) is 3.04. The molecule has 1 aliphatic rings. The largest absolute Gasteiger partial charge is 0.371 e. The van der Waals surface area contributed by atoms with Crippen LogP contribution in [0.3, 0.4) is 0 Å². The molecule has 1 unspecified atom stereocenters. The molecule has 3 rings (SSSR count). The molecular formula is C24H35NS. The van der Waals surface area contributed by atoms with E-state index in [1.165, 1.54) is 63.7 Å². The van der Waals surface area contributed by atoms with Gasteiger partial charge in [-0.25, -0.2) is 0 Å². The summed E-state index contributed by atoms with van der Waals surface area (Å²) in [7, 11) is 0. The molecule has 2 heterocycles. The lowest BCUT2D eigenvalue weighted by atomic mass is 10.0. The van der Waals surface area contributed by atoms with E-state index in [2.05, 4.69) is 62.1 Å². The highest BCUT2D eigenvalue weighted by Gasteiger charge is 2.16. The Morgan fingerprint density at radius 3 is 2.65 bits per heavy atom. The van der Waals surface area contributed by atoms with Gasteiger partial charge in [0.15, 0.2) is 0 Å². The number of benzene rings is 1. The van der Waals surface area contributed by atoms with Crippen LogP contribution in [-0.2, 0) is 19.3 Å². The molecule has 0 radical (unpaired) electrons. The number of aryl methyl sites for hydroxylation is 2. The van der Waals surface area contributed by atoms with Gasteiger partial charge in [0.25, 0.3) is 0 Å². The van der Waals surface area contributed by atoms with Crippen LogP contribution in [0.15, 0.2) is 36.4 Å². The second-order valence-electron chi connectivity index (χ2n) is 8.47. The van der Waals surface area contributed by atoms with Crippen LogP contribution in [0.4, 0.5) is 5.69 Å². The first-order valence-electron chi connectivity index (χ1n) is 10.5. The molecule has 0 saturated carbocycles. The van der Waals surface area contributed by atoms with Crippen LogP contribution in [0.2, 0.25) is 0 Å². The summed E-state index contributed by atoms with van der Waals surface area (Å²) in [6, 6.07) is 13.8. The molecule has 1 atom stereocenters. The Morgan fingerprint density at radius 1 is 1.00 bits per heavy atom. The molecule has 2 heteroatoms. The minimum Gasteiger partial charge on any atom is -0.371 e. The third-order valence-corrected chi connectivity index (χ3v) is 6.71. The first-order valence-corrected chi connectivity index (χ1v) is 11.3. The third-order valence-electron chi connectivity index (χ3n) is 5.55. The molecule has 1 aliphatic heterocycles. The van der Waals surface area contributed by atoms with Gasteiger partial charge in [0.05, 0.1) is 0 Å². The van der Waals surface area contributed by atoms with Crippen LogP contribution >= 0.6 is 11.3 Å². The van der Waals surface area contributed by atoms with E-state index in [0.717, 1.165) is 11.8 Å². The van der Waals surface area contributed by atoms with Gasteiger partial charge >= 0.3 is 0 Å². The Morgan fingerprint density at radius 2 is 1.81 bits per heavy atom. The second-order valence-corrected chi connectivity index (χ2v) is 9.72. The lowest BCUT2D eigenvalue weighted by Gasteiger charge is -2.25. The van der Waals surface area contributed by atoms with Crippen LogP contribution in [0.1, 0.15) is 61.8 Å². The predicted octanol–water partition coefficient (Wildman–Crippen LogP) is 6.75. The number of rotatable bonds is 7. The molecule has 1 saturated heterocycles. The monoisotopic (exact) mass is 369 g/mol. The maximum atomic E-state index is 2.64. The van der Waals surface area contributed by atoms with Gasteiger partial charge in [0.2, 0.25) is 0 Å². The average molecular weight is 370 g/mol. The van der Waals surface area contributed by atoms with E-state index in [9.17, 15) is 0 Å². The summed E-state index contributed by atoms with van der Waals surface area (Å²) in [6.07, 6.45) is 8.94. The molecule has 1 fully saturated rings. The van der Waals surface area contributed by atoms with Gasteiger partial charge in [0.1, 0.15) is 0 Å². The SMILES string of the molecule is CC(C)Cc1ccc(CCCc2ccccc2N2CCCC(C)CC2)s1. The Bertz CT molecular complexity index is 672. The number of thiophene rings is 1. The quantitative estimate of drug-likeness (QED) is 0.522. The molecule has 2 aromatic rings. The van der Waals surface area contributed by atoms with Crippen molar-refractivity contribution in [2.45, 2.75) is 65.7 Å². The van der Waals surface area contributed by atoms with Crippen molar-refractivity contribution in [3.8, 4) is 0 Å². The van der Waals surface area contributed by atoms with Crippen molar-refractivity contribution in [1.82, 2.24) is 0 Å². The van der Waals surface area contributed by atoms with Gasteiger partial charge in [-0.3, -0.25) is 0 Å². The normalized spacial score (nSPS) is 18.3. The van der Waals surface area contributed by atoms with Crippen LogP contribution in [0.25, 0.3) is 0 Å². The van der Waals surface area contributed by atoms with Gasteiger partial charge < -0.3 is 4.90 Å². The first-order chi connectivity index (χ1) is 12.6. The molecule has 1 aromatic heterocycles. The minimum absolute atomic E-state index is 0.754. The topological polar surface area (TPSA) is 3.24 Å². The average Bonchev–Trinajstić information content (AvgIpc) is 2.93. The van der Waals surface area contributed by atoms with Gasteiger partial charge in [-0.15, -0.1) is 11.3 Å². The fourth-order valence-corrected chi connectivity index (χ4v) is 5.33. The summed E-state index contributed by atoms with van der Waals surface area (Å²) in [6.45, 7) is 9.47. The summed E-state index contributed by atoms with van der Waals surface area (Å²) >= 11 is 2.02. The number of nitrogens with zero attached hydrogens (tertiary/aromatic N) is 1. The Hall–Kier alpha value is -1.28. The zero-order valence-corrected chi connectivity index (χ0v) is 17.7. The van der Waals surface area contributed by atoms with E-state index < -0.39 is 0 Å². The highest BCUT2D eigenvalue weighted by atomic mass is 32.1. The third kappa shape index (κ3) is 5.61. The van der Waals surface area contributed by atoms with Gasteiger partial charge in [0, 0.05) is 28.5 Å². The Labute approximate surface area is 164 Å². The maximum Gasteiger partial charge on any atom is 0.0398 e. The van der Waals surface area contributed by atoms with Crippen molar-refractivity contribution < 1.29 is 0 Å². The maximum absolute atomic E-state index is 2.64.